The van der Waals surface area contributed by atoms with Crippen LogP contribution in [0.1, 0.15) is 40.0 Å². The molecule has 0 saturated carbocycles. The van der Waals surface area contributed by atoms with Crippen molar-refractivity contribution in [1.29, 1.82) is 0 Å². The molecule has 2 amide bonds. The summed E-state index contributed by atoms with van der Waals surface area (Å²) in [6.07, 6.45) is 2.89. The maximum atomic E-state index is 11.7. The number of likely N-dealkylation sites (tertiary alicyclic amines) is 1. The SMILES string of the molecule is CC(C)CC(C)(O)CNC(=O)N1CCCC1. The molecule has 1 rings (SSSR count). The van der Waals surface area contributed by atoms with E-state index in [1.165, 1.54) is 0 Å². The Morgan fingerprint density at radius 1 is 1.44 bits per heavy atom. The quantitative estimate of drug-likeness (QED) is 0.767. The Morgan fingerprint density at radius 3 is 2.50 bits per heavy atom. The average Bonchev–Trinajstić information content (AvgIpc) is 2.64. The molecule has 0 spiro atoms. The van der Waals surface area contributed by atoms with Gasteiger partial charge in [0.15, 0.2) is 0 Å². The van der Waals surface area contributed by atoms with Crippen molar-refractivity contribution in [2.75, 3.05) is 19.6 Å². The van der Waals surface area contributed by atoms with Crippen LogP contribution in [0, 0.1) is 5.92 Å². The van der Waals surface area contributed by atoms with Gasteiger partial charge in [-0.25, -0.2) is 4.79 Å². The van der Waals surface area contributed by atoms with E-state index in [2.05, 4.69) is 19.2 Å². The van der Waals surface area contributed by atoms with E-state index >= 15 is 0 Å². The Labute approximate surface area is 98.0 Å². The topological polar surface area (TPSA) is 52.6 Å². The largest absolute Gasteiger partial charge is 0.388 e. The molecule has 1 heterocycles. The van der Waals surface area contributed by atoms with Crippen molar-refractivity contribution in [3.05, 3.63) is 0 Å². The van der Waals surface area contributed by atoms with Gasteiger partial charge in [-0.05, 0) is 32.1 Å². The molecule has 1 saturated heterocycles. The first-order valence-corrected chi connectivity index (χ1v) is 6.16. The molecular formula is C12H24N2O2. The third-order valence-electron chi connectivity index (χ3n) is 2.86. The van der Waals surface area contributed by atoms with Gasteiger partial charge in [-0.2, -0.15) is 0 Å². The van der Waals surface area contributed by atoms with E-state index in [-0.39, 0.29) is 6.03 Å². The second kappa shape index (κ2) is 5.53. The molecule has 16 heavy (non-hydrogen) atoms. The molecule has 4 heteroatoms. The van der Waals surface area contributed by atoms with Gasteiger partial charge in [0, 0.05) is 19.6 Å². The van der Waals surface area contributed by atoms with Crippen LogP contribution >= 0.6 is 0 Å². The number of hydrogen-bond donors (Lipinski definition) is 2. The lowest BCUT2D eigenvalue weighted by atomic mass is 9.94. The molecule has 0 aliphatic carbocycles. The lowest BCUT2D eigenvalue weighted by Crippen LogP contribution is -2.46. The summed E-state index contributed by atoms with van der Waals surface area (Å²) in [5.74, 6) is 0.429. The third kappa shape index (κ3) is 4.39. The van der Waals surface area contributed by atoms with Crippen molar-refractivity contribution in [2.24, 2.45) is 5.92 Å². The fourth-order valence-electron chi connectivity index (χ4n) is 2.25. The standard InChI is InChI=1S/C12H24N2O2/c1-10(2)8-12(3,16)9-13-11(15)14-6-4-5-7-14/h10,16H,4-9H2,1-3H3,(H,13,15). The van der Waals surface area contributed by atoms with Gasteiger partial charge in [-0.15, -0.1) is 0 Å². The number of hydrogen-bond acceptors (Lipinski definition) is 2. The zero-order valence-electron chi connectivity index (χ0n) is 10.6. The van der Waals surface area contributed by atoms with Crippen molar-refractivity contribution >= 4 is 6.03 Å². The lowest BCUT2D eigenvalue weighted by Gasteiger charge is -2.27. The first kappa shape index (κ1) is 13.3. The summed E-state index contributed by atoms with van der Waals surface area (Å²) in [6, 6.07) is -0.0402. The molecular weight excluding hydrogens is 204 g/mol. The van der Waals surface area contributed by atoms with E-state index in [9.17, 15) is 9.90 Å². The van der Waals surface area contributed by atoms with Crippen LogP contribution in [-0.4, -0.2) is 41.3 Å². The molecule has 0 radical (unpaired) electrons. The predicted molar refractivity (Wildman–Crippen MR) is 64.3 cm³/mol. The summed E-state index contributed by atoms with van der Waals surface area (Å²) in [4.78, 5) is 13.5. The van der Waals surface area contributed by atoms with Gasteiger partial charge in [0.05, 0.1) is 5.60 Å². The number of amides is 2. The highest BCUT2D eigenvalue weighted by atomic mass is 16.3. The summed E-state index contributed by atoms with van der Waals surface area (Å²) < 4.78 is 0. The summed E-state index contributed by atoms with van der Waals surface area (Å²) in [5.41, 5.74) is -0.802. The van der Waals surface area contributed by atoms with Crippen LogP contribution in [0.5, 0.6) is 0 Å². The van der Waals surface area contributed by atoms with Crippen molar-refractivity contribution in [3.8, 4) is 0 Å². The van der Waals surface area contributed by atoms with Crippen LogP contribution in [-0.2, 0) is 0 Å². The van der Waals surface area contributed by atoms with E-state index in [0.29, 0.717) is 18.9 Å². The second-order valence-corrected chi connectivity index (χ2v) is 5.45. The van der Waals surface area contributed by atoms with Crippen molar-refractivity contribution in [3.63, 3.8) is 0 Å². The van der Waals surface area contributed by atoms with Gasteiger partial charge in [0.1, 0.15) is 0 Å². The van der Waals surface area contributed by atoms with Gasteiger partial charge in [0.25, 0.3) is 0 Å². The molecule has 1 atom stereocenters. The monoisotopic (exact) mass is 228 g/mol. The van der Waals surface area contributed by atoms with Gasteiger partial charge < -0.3 is 15.3 Å². The minimum Gasteiger partial charge on any atom is -0.388 e. The number of nitrogens with zero attached hydrogens (tertiary/aromatic N) is 1. The number of nitrogens with one attached hydrogen (secondary N) is 1. The summed E-state index contributed by atoms with van der Waals surface area (Å²) in [7, 11) is 0. The Bertz CT molecular complexity index is 233. The minimum atomic E-state index is -0.802. The molecule has 1 aliphatic heterocycles. The van der Waals surface area contributed by atoms with Crippen LogP contribution in [0.25, 0.3) is 0 Å². The lowest BCUT2D eigenvalue weighted by molar-refractivity contribution is 0.0397. The third-order valence-corrected chi connectivity index (χ3v) is 2.86. The first-order valence-electron chi connectivity index (χ1n) is 6.16. The highest BCUT2D eigenvalue weighted by Crippen LogP contribution is 2.15. The van der Waals surface area contributed by atoms with Gasteiger partial charge in [-0.1, -0.05) is 13.8 Å². The Hall–Kier alpha value is -0.770. The van der Waals surface area contributed by atoms with E-state index < -0.39 is 5.60 Å². The molecule has 1 fully saturated rings. The molecule has 4 nitrogen and oxygen atoms in total. The molecule has 0 aromatic rings. The molecule has 0 bridgehead atoms. The number of carbonyl (C=O) groups excluding carboxylic acids is 1. The zero-order chi connectivity index (χ0) is 12.2. The van der Waals surface area contributed by atoms with E-state index in [1.54, 1.807) is 6.92 Å². The first-order chi connectivity index (χ1) is 7.41. The van der Waals surface area contributed by atoms with Gasteiger partial charge in [0.2, 0.25) is 0 Å². The van der Waals surface area contributed by atoms with Crippen molar-refractivity contribution in [2.45, 2.75) is 45.6 Å². The number of rotatable bonds is 4. The van der Waals surface area contributed by atoms with Gasteiger partial charge >= 0.3 is 6.03 Å². The van der Waals surface area contributed by atoms with E-state index in [1.807, 2.05) is 4.90 Å². The molecule has 94 valence electrons. The maximum Gasteiger partial charge on any atom is 0.317 e. The highest BCUT2D eigenvalue weighted by Gasteiger charge is 2.24. The van der Waals surface area contributed by atoms with Crippen molar-refractivity contribution < 1.29 is 9.90 Å². The molecule has 1 aliphatic rings. The molecule has 0 aromatic heterocycles. The average molecular weight is 228 g/mol. The Kier molecular flexibility index (Phi) is 4.59. The Morgan fingerprint density at radius 2 is 2.00 bits per heavy atom. The Balaban J connectivity index is 2.29. The smallest absolute Gasteiger partial charge is 0.317 e. The molecule has 0 aromatic carbocycles. The summed E-state index contributed by atoms with van der Waals surface area (Å²) in [5, 5.41) is 12.9. The van der Waals surface area contributed by atoms with Crippen molar-refractivity contribution in [1.82, 2.24) is 10.2 Å². The highest BCUT2D eigenvalue weighted by molar-refractivity contribution is 5.74. The number of urea groups is 1. The van der Waals surface area contributed by atoms with Crippen LogP contribution in [0.3, 0.4) is 0 Å². The molecule has 1 unspecified atom stereocenters. The number of aliphatic hydroxyl groups is 1. The van der Waals surface area contributed by atoms with Crippen LogP contribution in [0.4, 0.5) is 4.79 Å². The van der Waals surface area contributed by atoms with Crippen LogP contribution in [0.15, 0.2) is 0 Å². The van der Waals surface area contributed by atoms with Crippen LogP contribution in [0.2, 0.25) is 0 Å². The van der Waals surface area contributed by atoms with Crippen LogP contribution < -0.4 is 5.32 Å². The zero-order valence-corrected chi connectivity index (χ0v) is 10.6. The van der Waals surface area contributed by atoms with Gasteiger partial charge in [-0.3, -0.25) is 0 Å². The fourth-order valence-corrected chi connectivity index (χ4v) is 2.25. The minimum absolute atomic E-state index is 0.0402. The summed E-state index contributed by atoms with van der Waals surface area (Å²) in [6.45, 7) is 7.93. The molecule has 2 N–H and O–H groups in total. The normalized spacial score (nSPS) is 19.9. The van der Waals surface area contributed by atoms with E-state index in [0.717, 1.165) is 25.9 Å². The maximum absolute atomic E-state index is 11.7. The van der Waals surface area contributed by atoms with E-state index in [4.69, 9.17) is 0 Å². The summed E-state index contributed by atoms with van der Waals surface area (Å²) >= 11 is 0. The predicted octanol–water partition coefficient (Wildman–Crippen LogP) is 1.59. The fraction of sp³-hybridized carbons (Fsp3) is 0.917. The number of carbonyl (C=O) groups is 1. The second-order valence-electron chi connectivity index (χ2n) is 5.45.